The molecule has 0 fully saturated rings. The van der Waals surface area contributed by atoms with E-state index >= 15 is 0 Å². The molecule has 1 aromatic heterocycles. The van der Waals surface area contributed by atoms with Gasteiger partial charge in [-0.3, -0.25) is 4.79 Å². The van der Waals surface area contributed by atoms with Gasteiger partial charge in [-0.25, -0.2) is 4.98 Å². The lowest BCUT2D eigenvalue weighted by Crippen LogP contribution is -2.32. The van der Waals surface area contributed by atoms with Gasteiger partial charge in [-0.05, 0) is 19.1 Å². The Morgan fingerprint density at radius 1 is 1.53 bits per heavy atom. The first kappa shape index (κ1) is 15.3. The van der Waals surface area contributed by atoms with E-state index in [0.29, 0.717) is 6.54 Å². The highest BCUT2D eigenvalue weighted by Crippen LogP contribution is 2.30. The first-order valence-corrected chi connectivity index (χ1v) is 5.76. The van der Waals surface area contributed by atoms with Crippen molar-refractivity contribution in [2.24, 2.45) is 5.92 Å². The number of halogens is 3. The summed E-state index contributed by atoms with van der Waals surface area (Å²) in [6.45, 7) is 3.72. The molecule has 0 aliphatic rings. The van der Waals surface area contributed by atoms with Crippen LogP contribution >= 0.6 is 0 Å². The van der Waals surface area contributed by atoms with Crippen LogP contribution in [0.15, 0.2) is 18.3 Å². The van der Waals surface area contributed by atoms with Crippen LogP contribution in [0, 0.1) is 5.92 Å². The maximum absolute atomic E-state index is 12.6. The van der Waals surface area contributed by atoms with Gasteiger partial charge in [0.2, 0.25) is 0 Å². The van der Waals surface area contributed by atoms with Gasteiger partial charge in [-0.2, -0.15) is 13.2 Å². The van der Waals surface area contributed by atoms with Crippen molar-refractivity contribution in [1.29, 1.82) is 0 Å². The fourth-order valence-corrected chi connectivity index (χ4v) is 1.56. The number of carboxylic acid groups (broad SMARTS) is 1. The van der Waals surface area contributed by atoms with Gasteiger partial charge in [0, 0.05) is 19.3 Å². The Kier molecular flexibility index (Phi) is 4.74. The van der Waals surface area contributed by atoms with Crippen LogP contribution in [0.4, 0.5) is 19.0 Å². The van der Waals surface area contributed by atoms with E-state index in [1.54, 1.807) is 6.92 Å². The van der Waals surface area contributed by atoms with Gasteiger partial charge in [0.05, 0.1) is 11.5 Å². The first-order valence-electron chi connectivity index (χ1n) is 5.76. The Balaban J connectivity index is 2.96. The molecule has 0 aromatic carbocycles. The summed E-state index contributed by atoms with van der Waals surface area (Å²) in [5.74, 6) is -1.55. The molecular formula is C12H15F3N2O2. The molecule has 7 heteroatoms. The number of aliphatic carboxylic acids is 1. The molecule has 106 valence electrons. The maximum Gasteiger partial charge on any atom is 0.416 e. The number of nitrogens with zero attached hydrogens (tertiary/aromatic N) is 2. The van der Waals surface area contributed by atoms with Crippen molar-refractivity contribution < 1.29 is 23.1 Å². The minimum absolute atomic E-state index is 0.111. The van der Waals surface area contributed by atoms with E-state index < -0.39 is 23.6 Å². The molecule has 1 unspecified atom stereocenters. The highest BCUT2D eigenvalue weighted by Gasteiger charge is 2.31. The number of aromatic nitrogens is 1. The van der Waals surface area contributed by atoms with Crippen LogP contribution in [0.5, 0.6) is 0 Å². The number of rotatable bonds is 5. The average molecular weight is 276 g/mol. The van der Waals surface area contributed by atoms with E-state index in [0.717, 1.165) is 18.3 Å². The van der Waals surface area contributed by atoms with E-state index in [-0.39, 0.29) is 12.4 Å². The van der Waals surface area contributed by atoms with Crippen LogP contribution in [-0.2, 0) is 11.0 Å². The molecule has 1 N–H and O–H groups in total. The molecular weight excluding hydrogens is 261 g/mol. The highest BCUT2D eigenvalue weighted by atomic mass is 19.4. The smallest absolute Gasteiger partial charge is 0.416 e. The summed E-state index contributed by atoms with van der Waals surface area (Å²) in [7, 11) is 0. The lowest BCUT2D eigenvalue weighted by molar-refractivity contribution is -0.141. The summed E-state index contributed by atoms with van der Waals surface area (Å²) in [5.41, 5.74) is -0.793. The van der Waals surface area contributed by atoms with Crippen LogP contribution in [0.1, 0.15) is 19.4 Å². The van der Waals surface area contributed by atoms with E-state index in [1.807, 2.05) is 0 Å². The highest BCUT2D eigenvalue weighted by molar-refractivity contribution is 5.70. The lowest BCUT2D eigenvalue weighted by Gasteiger charge is -2.24. The average Bonchev–Trinajstić information content (AvgIpc) is 2.34. The van der Waals surface area contributed by atoms with Crippen molar-refractivity contribution in [3.8, 4) is 0 Å². The van der Waals surface area contributed by atoms with Crippen LogP contribution < -0.4 is 4.90 Å². The predicted octanol–water partition coefficient (Wildman–Crippen LogP) is 2.65. The Hall–Kier alpha value is -1.79. The number of anilines is 1. The number of carbonyl (C=O) groups is 1. The fraction of sp³-hybridized carbons (Fsp3) is 0.500. The minimum atomic E-state index is -4.44. The third kappa shape index (κ3) is 4.11. The molecule has 1 atom stereocenters. The summed E-state index contributed by atoms with van der Waals surface area (Å²) in [5, 5.41) is 8.83. The molecule has 19 heavy (non-hydrogen) atoms. The summed E-state index contributed by atoms with van der Waals surface area (Å²) in [6, 6.07) is 1.82. The second-order valence-corrected chi connectivity index (χ2v) is 4.18. The number of alkyl halides is 3. The molecule has 0 radical (unpaired) electrons. The van der Waals surface area contributed by atoms with E-state index in [1.165, 1.54) is 11.8 Å². The molecule has 0 aliphatic carbocycles. The Morgan fingerprint density at radius 2 is 2.16 bits per heavy atom. The van der Waals surface area contributed by atoms with E-state index in [4.69, 9.17) is 5.11 Å². The summed E-state index contributed by atoms with van der Waals surface area (Å²) in [6.07, 6.45) is -3.36. The molecule has 0 aliphatic heterocycles. The van der Waals surface area contributed by atoms with Gasteiger partial charge in [-0.15, -0.1) is 0 Å². The summed E-state index contributed by atoms with van der Waals surface area (Å²) >= 11 is 0. The van der Waals surface area contributed by atoms with E-state index in [9.17, 15) is 18.0 Å². The van der Waals surface area contributed by atoms with Gasteiger partial charge < -0.3 is 10.0 Å². The number of hydrogen-bond donors (Lipinski definition) is 1. The van der Waals surface area contributed by atoms with Crippen molar-refractivity contribution in [3.05, 3.63) is 23.9 Å². The molecule has 0 bridgehead atoms. The van der Waals surface area contributed by atoms with E-state index in [2.05, 4.69) is 4.98 Å². The molecule has 1 rings (SSSR count). The zero-order valence-corrected chi connectivity index (χ0v) is 10.6. The zero-order chi connectivity index (χ0) is 14.6. The second kappa shape index (κ2) is 5.90. The quantitative estimate of drug-likeness (QED) is 0.898. The molecule has 1 aromatic rings. The third-order valence-electron chi connectivity index (χ3n) is 2.69. The van der Waals surface area contributed by atoms with Gasteiger partial charge >= 0.3 is 12.1 Å². The van der Waals surface area contributed by atoms with Crippen LogP contribution in [0.3, 0.4) is 0 Å². The monoisotopic (exact) mass is 276 g/mol. The minimum Gasteiger partial charge on any atom is -0.481 e. The van der Waals surface area contributed by atoms with Crippen molar-refractivity contribution in [1.82, 2.24) is 4.98 Å². The summed E-state index contributed by atoms with van der Waals surface area (Å²) in [4.78, 5) is 16.2. The number of pyridine rings is 1. The molecule has 0 saturated carbocycles. The van der Waals surface area contributed by atoms with Crippen molar-refractivity contribution in [2.75, 3.05) is 18.0 Å². The predicted molar refractivity (Wildman–Crippen MR) is 63.9 cm³/mol. The van der Waals surface area contributed by atoms with Gasteiger partial charge in [-0.1, -0.05) is 6.92 Å². The SMILES string of the molecule is CCN(CC(C)C(=O)O)c1cc(C(F)(F)F)ccn1. The van der Waals surface area contributed by atoms with Crippen LogP contribution in [0.25, 0.3) is 0 Å². The molecule has 0 spiro atoms. The molecule has 0 saturated heterocycles. The van der Waals surface area contributed by atoms with Crippen molar-refractivity contribution in [2.45, 2.75) is 20.0 Å². The maximum atomic E-state index is 12.6. The lowest BCUT2D eigenvalue weighted by atomic mass is 10.1. The summed E-state index contributed by atoms with van der Waals surface area (Å²) < 4.78 is 37.8. The zero-order valence-electron chi connectivity index (χ0n) is 10.6. The molecule has 4 nitrogen and oxygen atoms in total. The number of hydrogen-bond acceptors (Lipinski definition) is 3. The second-order valence-electron chi connectivity index (χ2n) is 4.18. The Morgan fingerprint density at radius 3 is 2.63 bits per heavy atom. The topological polar surface area (TPSA) is 53.4 Å². The van der Waals surface area contributed by atoms with Crippen LogP contribution in [0.2, 0.25) is 0 Å². The number of carboxylic acids is 1. The first-order chi connectivity index (χ1) is 8.75. The standard InChI is InChI=1S/C12H15F3N2O2/c1-3-17(7-8(2)11(18)19)10-6-9(4-5-16-10)12(13,14)15/h4-6,8H,3,7H2,1-2H3,(H,18,19). The Labute approximate surface area is 108 Å². The molecule has 0 amide bonds. The van der Waals surface area contributed by atoms with Crippen molar-refractivity contribution in [3.63, 3.8) is 0 Å². The fourth-order valence-electron chi connectivity index (χ4n) is 1.56. The van der Waals surface area contributed by atoms with Crippen LogP contribution in [-0.4, -0.2) is 29.1 Å². The third-order valence-corrected chi connectivity index (χ3v) is 2.69. The van der Waals surface area contributed by atoms with Crippen molar-refractivity contribution >= 4 is 11.8 Å². The Bertz CT molecular complexity index is 449. The van der Waals surface area contributed by atoms with Gasteiger partial charge in [0.15, 0.2) is 0 Å². The van der Waals surface area contributed by atoms with Gasteiger partial charge in [0.1, 0.15) is 5.82 Å². The molecule has 1 heterocycles. The van der Waals surface area contributed by atoms with Gasteiger partial charge in [0.25, 0.3) is 0 Å². The largest absolute Gasteiger partial charge is 0.481 e. The normalized spacial score (nSPS) is 13.1.